The summed E-state index contributed by atoms with van der Waals surface area (Å²) in [6, 6.07) is 23.5. The fraction of sp³-hybridized carbons (Fsp3) is 0.0476. The minimum atomic E-state index is -0.0775. The zero-order chi connectivity index (χ0) is 17.2. The number of benzene rings is 3. The van der Waals surface area contributed by atoms with Gasteiger partial charge in [0.05, 0.1) is 11.4 Å². The van der Waals surface area contributed by atoms with Crippen LogP contribution in [0.25, 0.3) is 10.8 Å². The van der Waals surface area contributed by atoms with Crippen LogP contribution in [0.1, 0.15) is 16.1 Å². The number of rotatable bonds is 3. The van der Waals surface area contributed by atoms with Crippen LogP contribution in [0.4, 0.5) is 10.8 Å². The van der Waals surface area contributed by atoms with E-state index in [1.54, 1.807) is 4.90 Å². The summed E-state index contributed by atoms with van der Waals surface area (Å²) in [5.41, 5.74) is 2.37. The van der Waals surface area contributed by atoms with E-state index in [1.165, 1.54) is 11.3 Å². The highest BCUT2D eigenvalue weighted by Crippen LogP contribution is 2.30. The van der Waals surface area contributed by atoms with Crippen LogP contribution in [-0.2, 0) is 0 Å². The number of fused-ring (bicyclic) bond motifs is 1. The standard InChI is InChI=1S/C21H16N2OS/c1-15-14-25-21(22-15)23(19-9-3-2-4-10-19)20(24)18-12-11-16-7-5-6-8-17(16)13-18/h2-14H,1H3. The van der Waals surface area contributed by atoms with Crippen molar-refractivity contribution >= 4 is 38.8 Å². The Kier molecular flexibility index (Phi) is 4.04. The van der Waals surface area contributed by atoms with Gasteiger partial charge in [-0.15, -0.1) is 11.3 Å². The molecule has 0 atom stereocenters. The number of anilines is 2. The summed E-state index contributed by atoms with van der Waals surface area (Å²) < 4.78 is 0. The van der Waals surface area contributed by atoms with Crippen LogP contribution in [-0.4, -0.2) is 10.9 Å². The van der Waals surface area contributed by atoms with Crippen molar-refractivity contribution < 1.29 is 4.79 Å². The predicted molar refractivity (Wildman–Crippen MR) is 104 cm³/mol. The first kappa shape index (κ1) is 15.5. The normalized spacial score (nSPS) is 10.8. The molecule has 25 heavy (non-hydrogen) atoms. The maximum absolute atomic E-state index is 13.3. The molecule has 0 radical (unpaired) electrons. The van der Waals surface area contributed by atoms with Crippen molar-refractivity contribution in [1.29, 1.82) is 0 Å². The van der Waals surface area contributed by atoms with E-state index >= 15 is 0 Å². The number of nitrogens with zero attached hydrogens (tertiary/aromatic N) is 2. The summed E-state index contributed by atoms with van der Waals surface area (Å²) in [6.07, 6.45) is 0. The maximum atomic E-state index is 13.3. The van der Waals surface area contributed by atoms with Crippen molar-refractivity contribution in [3.63, 3.8) is 0 Å². The molecule has 4 rings (SSSR count). The van der Waals surface area contributed by atoms with E-state index in [-0.39, 0.29) is 5.91 Å². The number of amides is 1. The Morgan fingerprint density at radius 1 is 0.920 bits per heavy atom. The number of hydrogen-bond donors (Lipinski definition) is 0. The average Bonchev–Trinajstić information content (AvgIpc) is 3.08. The van der Waals surface area contributed by atoms with Gasteiger partial charge < -0.3 is 0 Å². The van der Waals surface area contributed by atoms with Crippen LogP contribution in [0.15, 0.2) is 78.2 Å². The first-order valence-electron chi connectivity index (χ1n) is 8.03. The van der Waals surface area contributed by atoms with Crippen molar-refractivity contribution in [3.8, 4) is 0 Å². The molecule has 3 nitrogen and oxygen atoms in total. The highest BCUT2D eigenvalue weighted by atomic mass is 32.1. The molecule has 0 spiro atoms. The van der Waals surface area contributed by atoms with Crippen molar-refractivity contribution in [2.45, 2.75) is 6.92 Å². The molecule has 0 aliphatic carbocycles. The molecular formula is C21H16N2OS. The Balaban J connectivity index is 1.81. The van der Waals surface area contributed by atoms with E-state index in [1.807, 2.05) is 85.1 Å². The van der Waals surface area contributed by atoms with E-state index in [4.69, 9.17) is 0 Å². The lowest BCUT2D eigenvalue weighted by atomic mass is 10.1. The topological polar surface area (TPSA) is 33.2 Å². The summed E-state index contributed by atoms with van der Waals surface area (Å²) in [5.74, 6) is -0.0775. The third kappa shape index (κ3) is 3.04. The number of carbonyl (C=O) groups excluding carboxylic acids is 1. The molecular weight excluding hydrogens is 328 g/mol. The van der Waals surface area contributed by atoms with Crippen molar-refractivity contribution in [2.75, 3.05) is 4.90 Å². The Labute approximate surface area is 150 Å². The molecule has 1 amide bonds. The molecule has 1 heterocycles. The second-order valence-corrected chi connectivity index (χ2v) is 6.65. The van der Waals surface area contributed by atoms with Crippen LogP contribution >= 0.6 is 11.3 Å². The fourth-order valence-corrected chi connectivity index (χ4v) is 3.61. The quantitative estimate of drug-likeness (QED) is 0.486. The lowest BCUT2D eigenvalue weighted by Crippen LogP contribution is -2.25. The molecule has 0 saturated carbocycles. The fourth-order valence-electron chi connectivity index (χ4n) is 2.79. The van der Waals surface area contributed by atoms with Gasteiger partial charge in [0.1, 0.15) is 0 Å². The van der Waals surface area contributed by atoms with Crippen LogP contribution in [0, 0.1) is 6.92 Å². The van der Waals surface area contributed by atoms with Gasteiger partial charge in [0.15, 0.2) is 5.13 Å². The molecule has 4 heteroatoms. The van der Waals surface area contributed by atoms with Gasteiger partial charge in [0.2, 0.25) is 0 Å². The van der Waals surface area contributed by atoms with E-state index in [0.29, 0.717) is 10.7 Å². The zero-order valence-electron chi connectivity index (χ0n) is 13.7. The SMILES string of the molecule is Cc1csc(N(C(=O)c2ccc3ccccc3c2)c2ccccc2)n1. The van der Waals surface area contributed by atoms with Gasteiger partial charge in [-0.1, -0.05) is 48.5 Å². The monoisotopic (exact) mass is 344 g/mol. The van der Waals surface area contributed by atoms with Crippen LogP contribution in [0.3, 0.4) is 0 Å². The molecule has 0 aliphatic heterocycles. The molecule has 0 bridgehead atoms. The summed E-state index contributed by atoms with van der Waals surface area (Å²) in [5, 5.41) is 4.81. The average molecular weight is 344 g/mol. The van der Waals surface area contributed by atoms with Crippen LogP contribution in [0.2, 0.25) is 0 Å². The first-order valence-corrected chi connectivity index (χ1v) is 8.91. The van der Waals surface area contributed by atoms with Crippen molar-refractivity contribution in [2.24, 2.45) is 0 Å². The highest BCUT2D eigenvalue weighted by Gasteiger charge is 2.22. The number of aryl methyl sites for hydroxylation is 1. The molecule has 0 aliphatic rings. The maximum Gasteiger partial charge on any atom is 0.264 e. The third-order valence-electron chi connectivity index (χ3n) is 4.01. The van der Waals surface area contributed by atoms with Gasteiger partial charge in [0.25, 0.3) is 5.91 Å². The van der Waals surface area contributed by atoms with Gasteiger partial charge in [-0.2, -0.15) is 0 Å². The largest absolute Gasteiger partial charge is 0.268 e. The molecule has 0 fully saturated rings. The molecule has 0 saturated heterocycles. The lowest BCUT2D eigenvalue weighted by molar-refractivity contribution is 0.0999. The van der Waals surface area contributed by atoms with Crippen LogP contribution in [0.5, 0.6) is 0 Å². The Morgan fingerprint density at radius 2 is 1.64 bits per heavy atom. The minimum Gasteiger partial charge on any atom is -0.268 e. The second kappa shape index (κ2) is 6.49. The van der Waals surface area contributed by atoms with E-state index < -0.39 is 0 Å². The van der Waals surface area contributed by atoms with Crippen LogP contribution < -0.4 is 4.90 Å². The lowest BCUT2D eigenvalue weighted by Gasteiger charge is -2.20. The highest BCUT2D eigenvalue weighted by molar-refractivity contribution is 7.14. The number of para-hydroxylation sites is 1. The minimum absolute atomic E-state index is 0.0775. The predicted octanol–water partition coefficient (Wildman–Crippen LogP) is 5.58. The Morgan fingerprint density at radius 3 is 2.36 bits per heavy atom. The molecule has 4 aromatic rings. The number of hydrogen-bond acceptors (Lipinski definition) is 3. The van der Waals surface area contributed by atoms with Crippen molar-refractivity contribution in [3.05, 3.63) is 89.4 Å². The van der Waals surface area contributed by atoms with Gasteiger partial charge in [-0.3, -0.25) is 9.69 Å². The van der Waals surface area contributed by atoms with E-state index in [9.17, 15) is 4.79 Å². The second-order valence-electron chi connectivity index (χ2n) is 5.81. The van der Waals surface area contributed by atoms with Gasteiger partial charge in [-0.05, 0) is 42.0 Å². The molecule has 122 valence electrons. The molecule has 0 unspecified atom stereocenters. The third-order valence-corrected chi connectivity index (χ3v) is 4.96. The van der Waals surface area contributed by atoms with Gasteiger partial charge in [0, 0.05) is 10.9 Å². The Hall–Kier alpha value is -2.98. The Bertz CT molecular complexity index is 1040. The summed E-state index contributed by atoms with van der Waals surface area (Å²) in [6.45, 7) is 1.93. The van der Waals surface area contributed by atoms with Gasteiger partial charge in [-0.25, -0.2) is 4.98 Å². The van der Waals surface area contributed by atoms with E-state index in [0.717, 1.165) is 22.2 Å². The molecule has 3 aromatic carbocycles. The number of carbonyl (C=O) groups is 1. The molecule has 0 N–H and O–H groups in total. The number of thiazole rings is 1. The van der Waals surface area contributed by atoms with Crippen molar-refractivity contribution in [1.82, 2.24) is 4.98 Å². The first-order chi connectivity index (χ1) is 12.2. The summed E-state index contributed by atoms with van der Waals surface area (Å²) >= 11 is 1.47. The number of aromatic nitrogens is 1. The van der Waals surface area contributed by atoms with Gasteiger partial charge >= 0.3 is 0 Å². The smallest absolute Gasteiger partial charge is 0.264 e. The molecule has 1 aromatic heterocycles. The van der Waals surface area contributed by atoms with E-state index in [2.05, 4.69) is 4.98 Å². The summed E-state index contributed by atoms with van der Waals surface area (Å²) in [7, 11) is 0. The summed E-state index contributed by atoms with van der Waals surface area (Å²) in [4.78, 5) is 19.5. The zero-order valence-corrected chi connectivity index (χ0v) is 14.5.